The third-order valence-corrected chi connectivity index (χ3v) is 3.21. The van der Waals surface area contributed by atoms with Crippen molar-refractivity contribution in [2.75, 3.05) is 11.9 Å². The number of carbonyl (C=O) groups is 3. The van der Waals surface area contributed by atoms with E-state index in [4.69, 9.17) is 0 Å². The van der Waals surface area contributed by atoms with Gasteiger partial charge in [0.15, 0.2) is 5.78 Å². The number of anilines is 1. The second-order valence-electron chi connectivity index (χ2n) is 5.02. The van der Waals surface area contributed by atoms with E-state index in [1.165, 1.54) is 25.3 Å². The van der Waals surface area contributed by atoms with E-state index in [-0.39, 0.29) is 17.4 Å². The summed E-state index contributed by atoms with van der Waals surface area (Å²) < 4.78 is 0. The number of amides is 2. The molecule has 0 spiro atoms. The lowest BCUT2D eigenvalue weighted by Gasteiger charge is -2.07. The maximum atomic E-state index is 12.2. The van der Waals surface area contributed by atoms with Crippen LogP contribution < -0.4 is 10.6 Å². The molecule has 0 aliphatic rings. The van der Waals surface area contributed by atoms with Crippen molar-refractivity contribution in [3.05, 3.63) is 72.1 Å². The van der Waals surface area contributed by atoms with Crippen molar-refractivity contribution in [3.63, 3.8) is 0 Å². The number of pyridine rings is 1. The van der Waals surface area contributed by atoms with E-state index in [0.717, 1.165) is 0 Å². The normalized spacial score (nSPS) is 9.88. The average molecular weight is 323 g/mol. The molecule has 1 aromatic heterocycles. The van der Waals surface area contributed by atoms with Gasteiger partial charge in [-0.25, -0.2) is 0 Å². The highest BCUT2D eigenvalue weighted by molar-refractivity contribution is 6.05. The SMILES string of the molecule is C=CCNC(=O)c1ccnc(C(=O)Nc2ccc(C(C)=O)cc2)c1. The quantitative estimate of drug-likeness (QED) is 0.631. The van der Waals surface area contributed by atoms with Crippen molar-refractivity contribution in [3.8, 4) is 0 Å². The van der Waals surface area contributed by atoms with Crippen molar-refractivity contribution in [1.29, 1.82) is 0 Å². The summed E-state index contributed by atoms with van der Waals surface area (Å²) in [5.74, 6) is -0.797. The molecule has 122 valence electrons. The molecule has 0 radical (unpaired) electrons. The number of Topliss-reactive ketones (excluding diaryl/α,β-unsaturated/α-hetero) is 1. The Morgan fingerprint density at radius 3 is 2.42 bits per heavy atom. The zero-order chi connectivity index (χ0) is 17.5. The fraction of sp³-hybridized carbons (Fsp3) is 0.111. The highest BCUT2D eigenvalue weighted by atomic mass is 16.2. The molecule has 2 amide bonds. The molecule has 24 heavy (non-hydrogen) atoms. The van der Waals surface area contributed by atoms with Crippen molar-refractivity contribution in [1.82, 2.24) is 10.3 Å². The highest BCUT2D eigenvalue weighted by Crippen LogP contribution is 2.12. The number of benzene rings is 1. The molecule has 0 fully saturated rings. The molecule has 0 saturated carbocycles. The number of hydrogen-bond acceptors (Lipinski definition) is 4. The van der Waals surface area contributed by atoms with Gasteiger partial charge >= 0.3 is 0 Å². The van der Waals surface area contributed by atoms with Crippen LogP contribution in [0.25, 0.3) is 0 Å². The molecule has 0 unspecified atom stereocenters. The Kier molecular flexibility index (Phi) is 5.57. The molecule has 2 rings (SSSR count). The van der Waals surface area contributed by atoms with Gasteiger partial charge in [0.25, 0.3) is 11.8 Å². The third kappa shape index (κ3) is 4.36. The molecular formula is C18H17N3O3. The van der Waals surface area contributed by atoms with Gasteiger partial charge in [-0.3, -0.25) is 19.4 Å². The molecule has 6 heteroatoms. The summed E-state index contributed by atoms with van der Waals surface area (Å²) in [6, 6.07) is 9.47. The number of nitrogens with one attached hydrogen (secondary N) is 2. The lowest BCUT2D eigenvalue weighted by molar-refractivity contribution is 0.0956. The first-order valence-electron chi connectivity index (χ1n) is 7.28. The highest BCUT2D eigenvalue weighted by Gasteiger charge is 2.12. The van der Waals surface area contributed by atoms with E-state index in [1.54, 1.807) is 30.3 Å². The molecule has 0 bridgehead atoms. The molecule has 2 N–H and O–H groups in total. The zero-order valence-corrected chi connectivity index (χ0v) is 13.2. The summed E-state index contributed by atoms with van der Waals surface area (Å²) in [4.78, 5) is 39.3. The molecule has 0 aliphatic carbocycles. The number of nitrogens with zero attached hydrogens (tertiary/aromatic N) is 1. The van der Waals surface area contributed by atoms with E-state index in [2.05, 4.69) is 22.2 Å². The van der Waals surface area contributed by atoms with Crippen LogP contribution in [0.4, 0.5) is 5.69 Å². The Hall–Kier alpha value is -3.28. The van der Waals surface area contributed by atoms with Crippen LogP contribution in [0.1, 0.15) is 38.1 Å². The number of aromatic nitrogens is 1. The van der Waals surface area contributed by atoms with E-state index in [9.17, 15) is 14.4 Å². The summed E-state index contributed by atoms with van der Waals surface area (Å²) >= 11 is 0. The molecule has 6 nitrogen and oxygen atoms in total. The Labute approximate surface area is 139 Å². The Morgan fingerprint density at radius 2 is 1.79 bits per heavy atom. The standard InChI is InChI=1S/C18H17N3O3/c1-3-9-20-17(23)14-8-10-19-16(11-14)18(24)21-15-6-4-13(5-7-15)12(2)22/h3-8,10-11H,1,9H2,2H3,(H,20,23)(H,21,24). The van der Waals surface area contributed by atoms with Crippen molar-refractivity contribution >= 4 is 23.3 Å². The number of hydrogen-bond donors (Lipinski definition) is 2. The van der Waals surface area contributed by atoms with Gasteiger partial charge in [0, 0.05) is 29.6 Å². The molecule has 1 aromatic carbocycles. The van der Waals surface area contributed by atoms with Crippen molar-refractivity contribution in [2.24, 2.45) is 0 Å². The first-order valence-corrected chi connectivity index (χ1v) is 7.28. The van der Waals surface area contributed by atoms with Crippen LogP contribution in [0, 0.1) is 0 Å². The number of carbonyl (C=O) groups excluding carboxylic acids is 3. The molecular weight excluding hydrogens is 306 g/mol. The van der Waals surface area contributed by atoms with Crippen molar-refractivity contribution < 1.29 is 14.4 Å². The fourth-order valence-corrected chi connectivity index (χ4v) is 1.95. The summed E-state index contributed by atoms with van der Waals surface area (Å²) in [5, 5.41) is 5.31. The Morgan fingerprint density at radius 1 is 1.08 bits per heavy atom. The minimum Gasteiger partial charge on any atom is -0.349 e. The van der Waals surface area contributed by atoms with E-state index in [0.29, 0.717) is 23.4 Å². The summed E-state index contributed by atoms with van der Waals surface area (Å²) in [7, 11) is 0. The predicted octanol–water partition coefficient (Wildman–Crippen LogP) is 2.45. The van der Waals surface area contributed by atoms with Crippen LogP contribution in [-0.2, 0) is 0 Å². The van der Waals surface area contributed by atoms with Crippen LogP contribution >= 0.6 is 0 Å². The van der Waals surface area contributed by atoms with Crippen LogP contribution in [0.3, 0.4) is 0 Å². The van der Waals surface area contributed by atoms with Crippen LogP contribution in [0.15, 0.2) is 55.3 Å². The first kappa shape index (κ1) is 17.1. The van der Waals surface area contributed by atoms with Gasteiger partial charge in [0.2, 0.25) is 0 Å². The van der Waals surface area contributed by atoms with Crippen LogP contribution in [0.2, 0.25) is 0 Å². The van der Waals surface area contributed by atoms with Crippen LogP contribution in [-0.4, -0.2) is 29.1 Å². The van der Waals surface area contributed by atoms with Gasteiger partial charge in [0.05, 0.1) is 0 Å². The minimum atomic E-state index is -0.441. The maximum Gasteiger partial charge on any atom is 0.274 e. The molecule has 0 aliphatic heterocycles. The number of rotatable bonds is 6. The van der Waals surface area contributed by atoms with Gasteiger partial charge in [-0.05, 0) is 43.3 Å². The summed E-state index contributed by atoms with van der Waals surface area (Å²) in [6.07, 6.45) is 2.97. The molecule has 1 heterocycles. The minimum absolute atomic E-state index is 0.0484. The van der Waals surface area contributed by atoms with E-state index >= 15 is 0 Å². The molecule has 2 aromatic rings. The second-order valence-corrected chi connectivity index (χ2v) is 5.02. The number of ketones is 1. The third-order valence-electron chi connectivity index (χ3n) is 3.21. The topological polar surface area (TPSA) is 88.2 Å². The van der Waals surface area contributed by atoms with E-state index in [1.807, 2.05) is 0 Å². The smallest absolute Gasteiger partial charge is 0.274 e. The maximum absolute atomic E-state index is 12.2. The van der Waals surface area contributed by atoms with Gasteiger partial charge < -0.3 is 10.6 Å². The van der Waals surface area contributed by atoms with Gasteiger partial charge in [-0.1, -0.05) is 6.08 Å². The lowest BCUT2D eigenvalue weighted by Crippen LogP contribution is -2.24. The fourth-order valence-electron chi connectivity index (χ4n) is 1.95. The average Bonchev–Trinajstić information content (AvgIpc) is 2.60. The summed E-state index contributed by atoms with van der Waals surface area (Å²) in [6.45, 7) is 5.33. The largest absolute Gasteiger partial charge is 0.349 e. The monoisotopic (exact) mass is 323 g/mol. The van der Waals surface area contributed by atoms with Crippen LogP contribution in [0.5, 0.6) is 0 Å². The Balaban J connectivity index is 2.10. The van der Waals surface area contributed by atoms with Crippen molar-refractivity contribution in [2.45, 2.75) is 6.92 Å². The van der Waals surface area contributed by atoms with Gasteiger partial charge in [0.1, 0.15) is 5.69 Å². The first-order chi connectivity index (χ1) is 11.5. The Bertz CT molecular complexity index is 782. The van der Waals surface area contributed by atoms with Gasteiger partial charge in [-0.15, -0.1) is 6.58 Å². The lowest BCUT2D eigenvalue weighted by atomic mass is 10.1. The van der Waals surface area contributed by atoms with Gasteiger partial charge in [-0.2, -0.15) is 0 Å². The predicted molar refractivity (Wildman–Crippen MR) is 91.2 cm³/mol. The van der Waals surface area contributed by atoms with E-state index < -0.39 is 5.91 Å². The molecule has 0 saturated heterocycles. The molecule has 0 atom stereocenters. The summed E-state index contributed by atoms with van der Waals surface area (Å²) in [5.41, 5.74) is 1.56. The zero-order valence-electron chi connectivity index (χ0n) is 13.2. The second kappa shape index (κ2) is 7.82.